The van der Waals surface area contributed by atoms with E-state index in [0.29, 0.717) is 17.7 Å². The maximum atomic E-state index is 12.6. The number of unbranched alkanes of at least 4 members (excludes halogenated alkanes) is 1. The predicted octanol–water partition coefficient (Wildman–Crippen LogP) is 2.88. The van der Waals surface area contributed by atoms with Crippen molar-refractivity contribution in [2.24, 2.45) is 0 Å². The van der Waals surface area contributed by atoms with E-state index < -0.39 is 12.0 Å². The molecule has 0 heterocycles. The highest BCUT2D eigenvalue weighted by Crippen LogP contribution is 2.24. The Labute approximate surface area is 135 Å². The molecule has 0 aliphatic rings. The molecule has 0 spiro atoms. The van der Waals surface area contributed by atoms with E-state index in [2.05, 4.69) is 5.32 Å². The topological polar surface area (TPSA) is 81.4 Å². The second-order valence-corrected chi connectivity index (χ2v) is 5.44. The van der Waals surface area contributed by atoms with E-state index in [1.54, 1.807) is 12.1 Å². The molecule has 5 heteroatoms. The number of fused-ring (bicyclic) bond motifs is 1. The van der Waals surface area contributed by atoms with Crippen LogP contribution in [0, 0.1) is 0 Å². The van der Waals surface area contributed by atoms with Gasteiger partial charge in [0.15, 0.2) is 0 Å². The van der Waals surface area contributed by atoms with Crippen LogP contribution in [0.1, 0.15) is 36.5 Å². The highest BCUT2D eigenvalue weighted by molar-refractivity contribution is 6.10. The minimum absolute atomic E-state index is 0.298. The zero-order chi connectivity index (χ0) is 16.8. The lowest BCUT2D eigenvalue weighted by atomic mass is 10.0. The number of anilines is 1. The van der Waals surface area contributed by atoms with Crippen molar-refractivity contribution in [2.45, 2.75) is 32.2 Å². The first-order valence-corrected chi connectivity index (χ1v) is 7.74. The Kier molecular flexibility index (Phi) is 5.57. The van der Waals surface area contributed by atoms with Gasteiger partial charge in [-0.25, -0.2) is 4.79 Å². The molecule has 0 saturated carbocycles. The zero-order valence-corrected chi connectivity index (χ0v) is 13.5. The summed E-state index contributed by atoms with van der Waals surface area (Å²) in [7, 11) is 1.33. The number of rotatable bonds is 6. The van der Waals surface area contributed by atoms with Crippen molar-refractivity contribution in [2.75, 3.05) is 12.8 Å². The van der Waals surface area contributed by atoms with Gasteiger partial charge in [0, 0.05) is 16.6 Å². The third-order valence-electron chi connectivity index (χ3n) is 3.84. The van der Waals surface area contributed by atoms with E-state index in [-0.39, 0.29) is 5.91 Å². The van der Waals surface area contributed by atoms with Gasteiger partial charge in [-0.15, -0.1) is 0 Å². The van der Waals surface area contributed by atoms with Gasteiger partial charge in [-0.3, -0.25) is 4.79 Å². The first-order valence-electron chi connectivity index (χ1n) is 7.74. The molecule has 2 aromatic carbocycles. The molecule has 2 rings (SSSR count). The van der Waals surface area contributed by atoms with Crippen LogP contribution in [0.2, 0.25) is 0 Å². The van der Waals surface area contributed by atoms with E-state index in [9.17, 15) is 9.59 Å². The van der Waals surface area contributed by atoms with E-state index in [1.807, 2.05) is 31.2 Å². The molecule has 0 aliphatic heterocycles. The summed E-state index contributed by atoms with van der Waals surface area (Å²) >= 11 is 0. The Bertz CT molecular complexity index is 712. The van der Waals surface area contributed by atoms with Crippen molar-refractivity contribution >= 4 is 28.3 Å². The number of ether oxygens (including phenoxy) is 1. The van der Waals surface area contributed by atoms with Gasteiger partial charge in [0.25, 0.3) is 5.91 Å². The number of carbonyl (C=O) groups excluding carboxylic acids is 2. The molecular weight excluding hydrogens is 292 g/mol. The Balaban J connectivity index is 2.29. The summed E-state index contributed by atoms with van der Waals surface area (Å²) in [5.74, 6) is -0.723. The maximum absolute atomic E-state index is 12.6. The number of esters is 1. The second kappa shape index (κ2) is 7.63. The van der Waals surface area contributed by atoms with E-state index in [0.717, 1.165) is 23.6 Å². The molecule has 0 radical (unpaired) electrons. The third kappa shape index (κ3) is 3.80. The van der Waals surface area contributed by atoms with Gasteiger partial charge in [0.1, 0.15) is 6.04 Å². The fraction of sp³-hybridized carbons (Fsp3) is 0.333. The van der Waals surface area contributed by atoms with Crippen LogP contribution in [0.5, 0.6) is 0 Å². The number of nitrogens with one attached hydrogen (secondary N) is 1. The van der Waals surface area contributed by atoms with Crippen LogP contribution in [0.25, 0.3) is 10.8 Å². The minimum atomic E-state index is -0.635. The molecule has 0 unspecified atom stereocenters. The maximum Gasteiger partial charge on any atom is 0.328 e. The summed E-state index contributed by atoms with van der Waals surface area (Å²) < 4.78 is 4.78. The van der Waals surface area contributed by atoms with Gasteiger partial charge in [0.05, 0.1) is 7.11 Å². The van der Waals surface area contributed by atoms with Gasteiger partial charge in [-0.2, -0.15) is 0 Å². The van der Waals surface area contributed by atoms with Crippen LogP contribution >= 0.6 is 0 Å². The Morgan fingerprint density at radius 1 is 1.17 bits per heavy atom. The first-order chi connectivity index (χ1) is 11.1. The van der Waals surface area contributed by atoms with Crippen molar-refractivity contribution in [3.05, 3.63) is 42.0 Å². The quantitative estimate of drug-likeness (QED) is 0.634. The van der Waals surface area contributed by atoms with Gasteiger partial charge < -0.3 is 15.8 Å². The van der Waals surface area contributed by atoms with Crippen molar-refractivity contribution in [1.29, 1.82) is 0 Å². The smallest absolute Gasteiger partial charge is 0.328 e. The predicted molar refractivity (Wildman–Crippen MR) is 91.2 cm³/mol. The van der Waals surface area contributed by atoms with Crippen molar-refractivity contribution in [3.63, 3.8) is 0 Å². The van der Waals surface area contributed by atoms with Gasteiger partial charge in [0.2, 0.25) is 0 Å². The Morgan fingerprint density at radius 3 is 2.52 bits per heavy atom. The Hall–Kier alpha value is -2.56. The van der Waals surface area contributed by atoms with Crippen LogP contribution in [-0.4, -0.2) is 25.0 Å². The van der Waals surface area contributed by atoms with Crippen LogP contribution in [0.4, 0.5) is 5.69 Å². The average molecular weight is 314 g/mol. The van der Waals surface area contributed by atoms with Crippen LogP contribution in [0.3, 0.4) is 0 Å². The van der Waals surface area contributed by atoms with Gasteiger partial charge in [-0.1, -0.05) is 44.0 Å². The fourth-order valence-electron chi connectivity index (χ4n) is 2.56. The van der Waals surface area contributed by atoms with E-state index in [4.69, 9.17) is 10.5 Å². The third-order valence-corrected chi connectivity index (χ3v) is 3.84. The molecule has 1 amide bonds. The van der Waals surface area contributed by atoms with E-state index in [1.165, 1.54) is 7.11 Å². The number of carbonyl (C=O) groups is 2. The Morgan fingerprint density at radius 2 is 1.87 bits per heavy atom. The number of amides is 1. The largest absolute Gasteiger partial charge is 0.467 e. The molecule has 23 heavy (non-hydrogen) atoms. The number of hydrogen-bond acceptors (Lipinski definition) is 4. The summed E-state index contributed by atoms with van der Waals surface area (Å²) in [6.45, 7) is 2.03. The minimum Gasteiger partial charge on any atom is -0.467 e. The number of benzene rings is 2. The molecule has 0 aromatic heterocycles. The van der Waals surface area contributed by atoms with Crippen LogP contribution < -0.4 is 11.1 Å². The second-order valence-electron chi connectivity index (χ2n) is 5.44. The summed E-state index contributed by atoms with van der Waals surface area (Å²) in [5, 5.41) is 4.37. The summed E-state index contributed by atoms with van der Waals surface area (Å²) in [6, 6.07) is 10.2. The van der Waals surface area contributed by atoms with Crippen molar-refractivity contribution in [1.82, 2.24) is 5.32 Å². The monoisotopic (exact) mass is 314 g/mol. The number of nitrogens with two attached hydrogens (primary N) is 1. The molecule has 0 bridgehead atoms. The molecule has 2 aromatic rings. The SMILES string of the molecule is CCCC[C@@H](NC(=O)c1ccc(N)c2ccccc12)C(=O)OC. The molecule has 3 N–H and O–H groups in total. The van der Waals surface area contributed by atoms with Crippen molar-refractivity contribution in [3.8, 4) is 0 Å². The summed E-state index contributed by atoms with van der Waals surface area (Å²) in [4.78, 5) is 24.4. The van der Waals surface area contributed by atoms with Crippen molar-refractivity contribution < 1.29 is 14.3 Å². The molecular formula is C18H22N2O3. The van der Waals surface area contributed by atoms with Gasteiger partial charge in [-0.05, 0) is 23.9 Å². The molecule has 122 valence electrons. The van der Waals surface area contributed by atoms with Crippen LogP contribution in [-0.2, 0) is 9.53 Å². The number of nitrogen functional groups attached to an aromatic ring is 1. The number of hydrogen-bond donors (Lipinski definition) is 2. The zero-order valence-electron chi connectivity index (χ0n) is 13.5. The molecule has 0 saturated heterocycles. The normalized spacial score (nSPS) is 11.9. The number of methoxy groups -OCH3 is 1. The van der Waals surface area contributed by atoms with Gasteiger partial charge >= 0.3 is 5.97 Å². The lowest BCUT2D eigenvalue weighted by molar-refractivity contribution is -0.143. The molecule has 0 fully saturated rings. The average Bonchev–Trinajstić information content (AvgIpc) is 2.58. The standard InChI is InChI=1S/C18H22N2O3/c1-3-4-9-16(18(22)23-2)20-17(21)14-10-11-15(19)13-8-6-5-7-12(13)14/h5-8,10-11,16H,3-4,9,19H2,1-2H3,(H,20,21)/t16-/m1/s1. The fourth-order valence-corrected chi connectivity index (χ4v) is 2.56. The lowest BCUT2D eigenvalue weighted by Gasteiger charge is -2.17. The first kappa shape index (κ1) is 16.8. The molecule has 5 nitrogen and oxygen atoms in total. The van der Waals surface area contributed by atoms with E-state index >= 15 is 0 Å². The molecule has 1 atom stereocenters. The lowest BCUT2D eigenvalue weighted by Crippen LogP contribution is -2.41. The summed E-state index contributed by atoms with van der Waals surface area (Å²) in [5.41, 5.74) is 7.07. The summed E-state index contributed by atoms with van der Waals surface area (Å²) in [6.07, 6.45) is 2.33. The van der Waals surface area contributed by atoms with Crippen LogP contribution in [0.15, 0.2) is 36.4 Å². The highest BCUT2D eigenvalue weighted by Gasteiger charge is 2.22. The molecule has 0 aliphatic carbocycles. The highest BCUT2D eigenvalue weighted by atomic mass is 16.5.